The van der Waals surface area contributed by atoms with Crippen LogP contribution in [-0.2, 0) is 4.79 Å². The molecule has 0 aromatic heterocycles. The number of aromatic carboxylic acids is 1. The van der Waals surface area contributed by atoms with Crippen molar-refractivity contribution in [3.63, 3.8) is 0 Å². The molecule has 3 aliphatic rings. The molecule has 11 nitrogen and oxygen atoms in total. The van der Waals surface area contributed by atoms with E-state index in [4.69, 9.17) is 20.2 Å². The monoisotopic (exact) mass is 435 g/mol. The first-order valence-electron chi connectivity index (χ1n) is 10.3. The summed E-state index contributed by atoms with van der Waals surface area (Å²) in [4.78, 5) is 25.8. The van der Waals surface area contributed by atoms with E-state index in [1.807, 2.05) is 4.90 Å². The van der Waals surface area contributed by atoms with Crippen molar-refractivity contribution >= 4 is 18.6 Å². The molecule has 12 heteroatoms. The van der Waals surface area contributed by atoms with Crippen LogP contribution >= 0.6 is 0 Å². The Bertz CT molecular complexity index is 902. The Labute approximate surface area is 178 Å². The van der Waals surface area contributed by atoms with Gasteiger partial charge in [0.1, 0.15) is 17.4 Å². The molecule has 31 heavy (non-hydrogen) atoms. The van der Waals surface area contributed by atoms with Crippen LogP contribution < -0.4 is 25.5 Å². The Kier molecular flexibility index (Phi) is 5.38. The highest BCUT2D eigenvalue weighted by Crippen LogP contribution is 2.63. The predicted octanol–water partition coefficient (Wildman–Crippen LogP) is -2.89. The van der Waals surface area contributed by atoms with E-state index in [1.54, 1.807) is 13.0 Å². The Balaban J connectivity index is 1.41. The number of carbonyl (C=O) groups is 2. The minimum atomic E-state index is -3.13. The van der Waals surface area contributed by atoms with Crippen LogP contribution in [0, 0.1) is 0 Å². The number of hydrogen-bond donors (Lipinski definition) is 5. The minimum Gasteiger partial charge on any atom is -0.669 e. The zero-order valence-corrected chi connectivity index (χ0v) is 17.1. The first-order valence-corrected chi connectivity index (χ1v) is 10.3. The van der Waals surface area contributed by atoms with Gasteiger partial charge in [-0.05, 0) is 24.5 Å². The van der Waals surface area contributed by atoms with Crippen LogP contribution in [0.25, 0.3) is 0 Å². The number of nitrogens with two attached hydrogens (primary N) is 1. The molecule has 2 aliphatic heterocycles. The minimum absolute atomic E-state index is 0.0327. The number of rotatable bonds is 8. The molecular weight excluding hydrogens is 409 g/mol. The lowest BCUT2D eigenvalue weighted by Crippen LogP contribution is -2.64. The molecule has 1 amide bonds. The molecule has 2 heterocycles. The van der Waals surface area contributed by atoms with Crippen molar-refractivity contribution in [1.29, 1.82) is 0 Å². The normalized spacial score (nSPS) is 25.8. The first kappa shape index (κ1) is 21.8. The van der Waals surface area contributed by atoms with Gasteiger partial charge in [-0.3, -0.25) is 9.69 Å². The topological polar surface area (TPSA) is 178 Å². The maximum Gasteiger partial charge on any atom is 0.434 e. The number of aliphatic hydroxyl groups excluding tert-OH is 1. The van der Waals surface area contributed by atoms with Gasteiger partial charge in [-0.15, -0.1) is 0 Å². The number of likely N-dealkylation sites (tertiary alicyclic amines) is 1. The molecule has 1 aromatic rings. The second-order valence-corrected chi connectivity index (χ2v) is 8.86. The van der Waals surface area contributed by atoms with E-state index in [0.29, 0.717) is 25.1 Å². The van der Waals surface area contributed by atoms with E-state index < -0.39 is 24.1 Å². The smallest absolute Gasteiger partial charge is 0.434 e. The number of fused-ring (bicyclic) bond motifs is 3. The second-order valence-electron chi connectivity index (χ2n) is 8.86. The number of ether oxygens (including phenoxy) is 1. The lowest BCUT2D eigenvalue weighted by Gasteiger charge is -2.43. The highest BCUT2D eigenvalue weighted by Gasteiger charge is 2.55. The van der Waals surface area contributed by atoms with E-state index in [2.05, 4.69) is 5.32 Å². The van der Waals surface area contributed by atoms with Gasteiger partial charge in [-0.2, -0.15) is 0 Å². The van der Waals surface area contributed by atoms with Crippen LogP contribution in [0.15, 0.2) is 12.1 Å². The van der Waals surface area contributed by atoms with Gasteiger partial charge in [0.25, 0.3) is 0 Å². The fourth-order valence-electron chi connectivity index (χ4n) is 4.42. The third kappa shape index (κ3) is 4.09. The average Bonchev–Trinajstić information content (AvgIpc) is 3.45. The fourth-order valence-corrected chi connectivity index (χ4v) is 4.42. The summed E-state index contributed by atoms with van der Waals surface area (Å²) in [6.45, 7) is -0.496. The lowest BCUT2D eigenvalue weighted by molar-refractivity contribution is -0.255. The zero-order valence-electron chi connectivity index (χ0n) is 17.1. The van der Waals surface area contributed by atoms with Gasteiger partial charge in [-0.1, -0.05) is 18.3 Å². The second kappa shape index (κ2) is 7.64. The summed E-state index contributed by atoms with van der Waals surface area (Å²) < 4.78 is 11.1. The van der Waals surface area contributed by atoms with Gasteiger partial charge in [-0.25, -0.2) is 0 Å². The van der Waals surface area contributed by atoms with Gasteiger partial charge in [0.2, 0.25) is 5.91 Å². The average molecular weight is 435 g/mol. The zero-order chi connectivity index (χ0) is 22.6. The lowest BCUT2D eigenvalue weighted by atomic mass is 9.68. The molecule has 0 spiro atoms. The van der Waals surface area contributed by atoms with Gasteiger partial charge >= 0.3 is 6.75 Å². The Morgan fingerprint density at radius 1 is 1.42 bits per heavy atom. The summed E-state index contributed by atoms with van der Waals surface area (Å²) in [5.74, 6) is -2.55. The number of benzene rings is 1. The van der Waals surface area contributed by atoms with Crippen molar-refractivity contribution < 1.29 is 39.2 Å². The molecule has 2 fully saturated rings. The van der Waals surface area contributed by atoms with Crippen LogP contribution in [0.1, 0.15) is 35.2 Å². The molecular formula is C19H26BN3O8-2. The Hall–Kier alpha value is -2.38. The summed E-state index contributed by atoms with van der Waals surface area (Å²) in [5.41, 5.74) is 5.19. The van der Waals surface area contributed by atoms with Crippen molar-refractivity contribution in [2.75, 3.05) is 32.8 Å². The quantitative estimate of drug-likeness (QED) is 0.266. The SMILES string of the molecule is C[C@@](N)(CN1CC(Oc2ccc3c(c2C(=O)[O-])O[B-](O)(O)[C@@H]2C[C@H]32)C1)C(=O)NCCO. The predicted molar refractivity (Wildman–Crippen MR) is 106 cm³/mol. The van der Waals surface area contributed by atoms with Crippen LogP contribution in [0.4, 0.5) is 0 Å². The van der Waals surface area contributed by atoms with E-state index in [-0.39, 0.29) is 54.7 Å². The van der Waals surface area contributed by atoms with E-state index in [0.717, 1.165) is 0 Å². The molecule has 1 saturated carbocycles. The summed E-state index contributed by atoms with van der Waals surface area (Å²) >= 11 is 0. The van der Waals surface area contributed by atoms with Gasteiger partial charge in [0.15, 0.2) is 0 Å². The maximum absolute atomic E-state index is 12.1. The van der Waals surface area contributed by atoms with Gasteiger partial charge in [0, 0.05) is 26.2 Å². The number of carbonyl (C=O) groups excluding carboxylic acids is 2. The Morgan fingerprint density at radius 2 is 2.13 bits per heavy atom. The number of carboxylic acid groups (broad SMARTS) is 1. The standard InChI is InChI=1S/C19H27BN3O8/c1-19(21,18(27)22-4-5-24)9-23-7-10(8-23)30-14-3-2-11-12-6-13(12)20(28,29)31-16(11)15(14)17(25)26/h2-3,10,12-13,24,28-29H,4-9,21H2,1H3,(H,22,27)(H,25,26)/q-1/p-1/t12-,13-,19-/m1/s1. The van der Waals surface area contributed by atoms with Crippen LogP contribution in [0.5, 0.6) is 11.5 Å². The molecule has 1 saturated heterocycles. The van der Waals surface area contributed by atoms with Crippen molar-refractivity contribution in [3.05, 3.63) is 23.3 Å². The number of hydrogen-bond acceptors (Lipinski definition) is 10. The molecule has 0 bridgehead atoms. The largest absolute Gasteiger partial charge is 0.669 e. The maximum atomic E-state index is 12.1. The molecule has 4 rings (SSSR count). The molecule has 3 atom stereocenters. The molecule has 0 unspecified atom stereocenters. The third-order valence-corrected chi connectivity index (χ3v) is 6.13. The molecule has 1 aromatic carbocycles. The number of aliphatic hydroxyl groups is 1. The van der Waals surface area contributed by atoms with E-state index in [9.17, 15) is 24.7 Å². The van der Waals surface area contributed by atoms with Gasteiger partial charge < -0.3 is 45.5 Å². The van der Waals surface area contributed by atoms with E-state index in [1.165, 1.54) is 6.07 Å². The fraction of sp³-hybridized carbons (Fsp3) is 0.579. The molecule has 0 radical (unpaired) electrons. The van der Waals surface area contributed by atoms with Crippen LogP contribution in [0.2, 0.25) is 5.82 Å². The van der Waals surface area contributed by atoms with E-state index >= 15 is 0 Å². The first-order chi connectivity index (χ1) is 14.5. The van der Waals surface area contributed by atoms with Crippen molar-refractivity contribution in [2.24, 2.45) is 5.73 Å². The third-order valence-electron chi connectivity index (χ3n) is 6.13. The number of nitrogens with zero attached hydrogens (tertiary/aromatic N) is 1. The van der Waals surface area contributed by atoms with Crippen molar-refractivity contribution in [1.82, 2.24) is 10.2 Å². The Morgan fingerprint density at radius 3 is 2.77 bits per heavy atom. The highest BCUT2D eigenvalue weighted by molar-refractivity contribution is 6.62. The highest BCUT2D eigenvalue weighted by atomic mass is 16.6. The molecule has 170 valence electrons. The van der Waals surface area contributed by atoms with Crippen molar-refractivity contribution in [3.8, 4) is 11.5 Å². The summed E-state index contributed by atoms with van der Waals surface area (Å²) in [5, 5.41) is 43.3. The summed E-state index contributed by atoms with van der Waals surface area (Å²) in [6, 6.07) is 3.22. The number of carboxylic acids is 1. The van der Waals surface area contributed by atoms with Crippen LogP contribution in [-0.4, -0.2) is 83.1 Å². The van der Waals surface area contributed by atoms with Gasteiger partial charge in [0.05, 0.1) is 23.9 Å². The number of nitrogens with one attached hydrogen (secondary N) is 1. The molecule has 1 aliphatic carbocycles. The summed E-state index contributed by atoms with van der Waals surface area (Å²) in [7, 11) is 0. The number of amides is 1. The van der Waals surface area contributed by atoms with Crippen LogP contribution in [0.3, 0.4) is 0 Å². The van der Waals surface area contributed by atoms with Crippen molar-refractivity contribution in [2.45, 2.75) is 36.7 Å². The summed E-state index contributed by atoms with van der Waals surface area (Å²) in [6.07, 6.45) is 0.178. The molecule has 6 N–H and O–H groups in total.